The number of fused-ring (bicyclic) bond motifs is 1. The fourth-order valence-electron chi connectivity index (χ4n) is 5.11. The number of hydrogen-bond acceptors (Lipinski definition) is 0. The highest BCUT2D eigenvalue weighted by atomic mass is 14.3. The maximum absolute atomic E-state index is 2.39. The quantitative estimate of drug-likeness (QED) is 0.357. The molecule has 0 radical (unpaired) electrons. The van der Waals surface area contributed by atoms with Gasteiger partial charge in [-0.3, -0.25) is 0 Å². The van der Waals surface area contributed by atoms with Gasteiger partial charge in [0.05, 0.1) is 0 Å². The molecule has 0 unspecified atom stereocenters. The molecule has 0 atom stereocenters. The van der Waals surface area contributed by atoms with Gasteiger partial charge >= 0.3 is 0 Å². The molecule has 0 bridgehead atoms. The molecule has 4 rings (SSSR count). The minimum atomic E-state index is 0.774. The molecule has 0 saturated heterocycles. The van der Waals surface area contributed by atoms with Crippen LogP contribution in [0.4, 0.5) is 0 Å². The molecule has 0 aliphatic heterocycles. The molecule has 1 aliphatic carbocycles. The van der Waals surface area contributed by atoms with Gasteiger partial charge in [-0.1, -0.05) is 94.1 Å². The Kier molecular flexibility index (Phi) is 6.70. The molecule has 1 saturated carbocycles. The van der Waals surface area contributed by atoms with Crippen LogP contribution in [0.15, 0.2) is 60.7 Å². The summed E-state index contributed by atoms with van der Waals surface area (Å²) in [6.45, 7) is 4.52. The topological polar surface area (TPSA) is 0 Å². The molecule has 0 aromatic heterocycles. The Morgan fingerprint density at radius 3 is 2.10 bits per heavy atom. The third kappa shape index (κ3) is 4.92. The average Bonchev–Trinajstić information content (AvgIpc) is 2.79. The van der Waals surface area contributed by atoms with Crippen LogP contribution in [0.25, 0.3) is 21.9 Å². The van der Waals surface area contributed by atoms with Gasteiger partial charge in [-0.25, -0.2) is 0 Å². The molecule has 0 N–H and O–H groups in total. The van der Waals surface area contributed by atoms with Gasteiger partial charge in [0.15, 0.2) is 0 Å². The van der Waals surface area contributed by atoms with Gasteiger partial charge in [-0.05, 0) is 83.0 Å². The van der Waals surface area contributed by atoms with E-state index in [-0.39, 0.29) is 0 Å². The van der Waals surface area contributed by atoms with Crippen molar-refractivity contribution in [2.75, 3.05) is 0 Å². The molecule has 0 spiro atoms. The molecule has 0 heterocycles. The van der Waals surface area contributed by atoms with E-state index >= 15 is 0 Å². The number of unbranched alkanes of at least 4 members (excludes halogenated alkanes) is 2. The fraction of sp³-hybridized carbons (Fsp3) is 0.448. The van der Waals surface area contributed by atoms with Crippen molar-refractivity contribution in [1.82, 2.24) is 0 Å². The molecular weight excluding hydrogens is 348 g/mol. The molecular formula is C29H36. The summed E-state index contributed by atoms with van der Waals surface area (Å²) in [5, 5.41) is 2.69. The fourth-order valence-corrected chi connectivity index (χ4v) is 5.11. The lowest BCUT2D eigenvalue weighted by Gasteiger charge is -2.29. The zero-order chi connectivity index (χ0) is 20.1. The van der Waals surface area contributed by atoms with Crippen LogP contribution in [0.2, 0.25) is 0 Å². The Morgan fingerprint density at radius 2 is 1.38 bits per heavy atom. The first-order chi connectivity index (χ1) is 14.3. The highest BCUT2D eigenvalue weighted by Gasteiger charge is 2.22. The Labute approximate surface area is 177 Å². The largest absolute Gasteiger partial charge is 0.0654 e. The summed E-state index contributed by atoms with van der Waals surface area (Å²) in [5.41, 5.74) is 5.63. The minimum absolute atomic E-state index is 0.774. The third-order valence-electron chi connectivity index (χ3n) is 7.09. The standard InChI is InChI=1S/C29H36/c1-3-5-6-7-23-9-11-24(12-10-23)25-14-16-26(17-15-25)28-19-18-27-20-22(4-2)8-13-29(27)21-28/h8,13-21,23-24H,3-7,9-12H2,1-2H3. The van der Waals surface area contributed by atoms with E-state index < -0.39 is 0 Å². The normalized spacial score (nSPS) is 19.5. The van der Waals surface area contributed by atoms with Gasteiger partial charge in [-0.15, -0.1) is 0 Å². The molecule has 1 aliphatic rings. The van der Waals surface area contributed by atoms with Crippen LogP contribution in [-0.4, -0.2) is 0 Å². The Balaban J connectivity index is 1.41. The minimum Gasteiger partial charge on any atom is -0.0654 e. The molecule has 1 fully saturated rings. The van der Waals surface area contributed by atoms with E-state index in [0.717, 1.165) is 18.3 Å². The number of benzene rings is 3. The van der Waals surface area contributed by atoms with Crippen LogP contribution in [0.5, 0.6) is 0 Å². The van der Waals surface area contributed by atoms with Crippen LogP contribution >= 0.6 is 0 Å². The van der Waals surface area contributed by atoms with Crippen molar-refractivity contribution in [2.24, 2.45) is 5.92 Å². The van der Waals surface area contributed by atoms with E-state index in [9.17, 15) is 0 Å². The van der Waals surface area contributed by atoms with Crippen molar-refractivity contribution in [2.45, 2.75) is 77.6 Å². The van der Waals surface area contributed by atoms with Crippen molar-refractivity contribution in [1.29, 1.82) is 0 Å². The smallest absolute Gasteiger partial charge is 0.0162 e. The molecule has 0 heteroatoms. The summed E-state index contributed by atoms with van der Waals surface area (Å²) in [4.78, 5) is 0. The second-order valence-electron chi connectivity index (χ2n) is 9.09. The maximum Gasteiger partial charge on any atom is -0.0162 e. The van der Waals surface area contributed by atoms with Crippen molar-refractivity contribution < 1.29 is 0 Å². The van der Waals surface area contributed by atoms with Gasteiger partial charge < -0.3 is 0 Å². The highest BCUT2D eigenvalue weighted by Crippen LogP contribution is 2.38. The summed E-state index contributed by atoms with van der Waals surface area (Å²) < 4.78 is 0. The molecule has 3 aromatic carbocycles. The van der Waals surface area contributed by atoms with Crippen LogP contribution in [0.3, 0.4) is 0 Å². The Morgan fingerprint density at radius 1 is 0.690 bits per heavy atom. The summed E-state index contributed by atoms with van der Waals surface area (Å²) in [6, 6.07) is 23.2. The number of rotatable bonds is 7. The number of aryl methyl sites for hydroxylation is 1. The average molecular weight is 385 g/mol. The lowest BCUT2D eigenvalue weighted by atomic mass is 9.77. The van der Waals surface area contributed by atoms with E-state index in [0.29, 0.717) is 0 Å². The molecule has 152 valence electrons. The molecule has 0 amide bonds. The zero-order valence-electron chi connectivity index (χ0n) is 18.3. The lowest BCUT2D eigenvalue weighted by Crippen LogP contribution is -2.13. The zero-order valence-corrected chi connectivity index (χ0v) is 18.3. The molecule has 0 nitrogen and oxygen atoms in total. The molecule has 29 heavy (non-hydrogen) atoms. The summed E-state index contributed by atoms with van der Waals surface area (Å²) in [5.74, 6) is 1.76. The van der Waals surface area contributed by atoms with Crippen molar-refractivity contribution in [3.63, 3.8) is 0 Å². The second-order valence-corrected chi connectivity index (χ2v) is 9.09. The van der Waals surface area contributed by atoms with Gasteiger partial charge in [0.2, 0.25) is 0 Å². The third-order valence-corrected chi connectivity index (χ3v) is 7.09. The van der Waals surface area contributed by atoms with E-state index in [4.69, 9.17) is 0 Å². The second kappa shape index (κ2) is 9.61. The Bertz CT molecular complexity index is 910. The van der Waals surface area contributed by atoms with Crippen molar-refractivity contribution in [3.8, 4) is 11.1 Å². The van der Waals surface area contributed by atoms with E-state index in [1.54, 1.807) is 5.56 Å². The van der Waals surface area contributed by atoms with Crippen molar-refractivity contribution in [3.05, 3.63) is 71.8 Å². The first-order valence-corrected chi connectivity index (χ1v) is 11.9. The van der Waals surface area contributed by atoms with Gasteiger partial charge in [0, 0.05) is 0 Å². The SMILES string of the molecule is CCCCCC1CCC(c2ccc(-c3ccc4cc(CC)ccc4c3)cc2)CC1. The first-order valence-electron chi connectivity index (χ1n) is 11.9. The van der Waals surface area contributed by atoms with Crippen LogP contribution < -0.4 is 0 Å². The molecule has 3 aromatic rings. The van der Waals surface area contributed by atoms with Gasteiger partial charge in [0.25, 0.3) is 0 Å². The monoisotopic (exact) mass is 384 g/mol. The Hall–Kier alpha value is -2.08. The van der Waals surface area contributed by atoms with E-state index in [1.807, 2.05) is 0 Å². The predicted octanol–water partition coefficient (Wildman–Crippen LogP) is 8.92. The summed E-state index contributed by atoms with van der Waals surface area (Å²) in [7, 11) is 0. The predicted molar refractivity (Wildman–Crippen MR) is 128 cm³/mol. The van der Waals surface area contributed by atoms with Crippen molar-refractivity contribution >= 4 is 10.8 Å². The number of hydrogen-bond donors (Lipinski definition) is 0. The highest BCUT2D eigenvalue weighted by molar-refractivity contribution is 5.87. The van der Waals surface area contributed by atoms with E-state index in [1.165, 1.54) is 78.8 Å². The van der Waals surface area contributed by atoms with Gasteiger partial charge in [0.1, 0.15) is 0 Å². The van der Waals surface area contributed by atoms with Crippen LogP contribution in [0.1, 0.15) is 82.3 Å². The lowest BCUT2D eigenvalue weighted by molar-refractivity contribution is 0.303. The maximum atomic E-state index is 2.39. The van der Waals surface area contributed by atoms with Crippen LogP contribution in [0, 0.1) is 5.92 Å². The first kappa shape index (κ1) is 20.2. The van der Waals surface area contributed by atoms with Crippen LogP contribution in [-0.2, 0) is 6.42 Å². The van der Waals surface area contributed by atoms with Gasteiger partial charge in [-0.2, -0.15) is 0 Å². The summed E-state index contributed by atoms with van der Waals surface area (Å²) >= 11 is 0. The summed E-state index contributed by atoms with van der Waals surface area (Å²) in [6.07, 6.45) is 12.4. The van der Waals surface area contributed by atoms with E-state index in [2.05, 4.69) is 74.5 Å².